The molecule has 4 aliphatic heterocycles. The molecule has 0 bridgehead atoms. The van der Waals surface area contributed by atoms with Gasteiger partial charge in [-0.05, 0) is 90.1 Å². The monoisotopic (exact) mass is 826 g/mol. The number of methoxy groups -OCH3 is 2. The number of hydrogen-bond donors (Lipinski definition) is 7. The number of carbonyl (C=O) groups is 1. The minimum Gasteiger partial charge on any atom is -0.508 e. The standard InChI is InChI=1S/C13H18N2O4.C7H8O2.2C6H12N2O2.C6H12N2.O2/c1-12(2,11-14-8-9-15-11)18-19-13(17-3)6-4-10(16)5-7-13;1-9-7-4-2-6(8)3-5-7;2*1-6(2,10-9)5-7-3-4-8-5;1-5(2)6-7-3-4-8-6;1-2/h4-7H,8-9H2,1-3H3,(H,14,15);2-5,8H,1H3;2*9H,3-4H2,1-2H3,(H,7,8);5H,3-4H2,1-2H3,(H,7,8);/p+4. The van der Waals surface area contributed by atoms with Gasteiger partial charge < -0.3 is 14.6 Å². The van der Waals surface area contributed by atoms with E-state index in [-0.39, 0.29) is 11.5 Å². The van der Waals surface area contributed by atoms with E-state index in [2.05, 4.69) is 48.9 Å². The summed E-state index contributed by atoms with van der Waals surface area (Å²) < 4.78 is 10.1. The van der Waals surface area contributed by atoms with Gasteiger partial charge in [0, 0.05) is 23.0 Å². The molecule has 1 aromatic carbocycles. The van der Waals surface area contributed by atoms with E-state index < -0.39 is 22.6 Å². The van der Waals surface area contributed by atoms with Crippen LogP contribution >= 0.6 is 0 Å². The number of allylic oxidation sites excluding steroid dienone is 2. The number of ketones is 1. The number of aromatic hydroxyl groups is 1. The average Bonchev–Trinajstić information content (AvgIpc) is 4.08. The SMILES string of the molecule is CC(C)(OO)C1=NCC[NH2+]1.CC(C)(OO)C1=NCC[NH2+]1.CC(C)C1=NCC[NH2+]1.COC1(OOC(C)(C)C2=NCC[NH2+]2)C=CC(=O)C=C1.COc1ccc(O)cc1.O=O. The lowest BCUT2D eigenvalue weighted by atomic mass is 10.1. The summed E-state index contributed by atoms with van der Waals surface area (Å²) >= 11 is 0. The Labute approximate surface area is 339 Å². The molecule has 0 unspecified atom stereocenters. The van der Waals surface area contributed by atoms with Crippen molar-refractivity contribution in [2.75, 3.05) is 66.6 Å². The van der Waals surface area contributed by atoms with Gasteiger partial charge in [0.25, 0.3) is 0 Å². The molecule has 5 aliphatic rings. The highest BCUT2D eigenvalue weighted by atomic mass is 17.2. The van der Waals surface area contributed by atoms with Crippen LogP contribution in [0.1, 0.15) is 55.4 Å². The summed E-state index contributed by atoms with van der Waals surface area (Å²) in [5, 5.41) is 33.9. The van der Waals surface area contributed by atoms with E-state index in [0.29, 0.717) is 5.92 Å². The number of carbonyl (C=O) groups excluding carboxylic acids is 1. The van der Waals surface area contributed by atoms with E-state index in [0.717, 1.165) is 75.6 Å². The molecule has 0 amide bonds. The van der Waals surface area contributed by atoms with E-state index in [1.807, 2.05) is 29.8 Å². The highest BCUT2D eigenvalue weighted by molar-refractivity contribution is 6.00. The fourth-order valence-corrected chi connectivity index (χ4v) is 5.17. The number of phenolic OH excluding ortho intramolecular Hbond substituents is 1. The van der Waals surface area contributed by atoms with Crippen molar-refractivity contribution in [1.29, 1.82) is 0 Å². The lowest BCUT2D eigenvalue weighted by Crippen LogP contribution is -2.90. The maximum Gasteiger partial charge on any atom is 0.240 e. The van der Waals surface area contributed by atoms with Crippen LogP contribution in [-0.2, 0) is 29.1 Å². The van der Waals surface area contributed by atoms with Crippen LogP contribution in [-0.4, -0.2) is 134 Å². The molecule has 1 aromatic rings. The van der Waals surface area contributed by atoms with Crippen molar-refractivity contribution >= 4 is 29.1 Å². The Bertz CT molecular complexity index is 1520. The van der Waals surface area contributed by atoms with Crippen molar-refractivity contribution in [3.05, 3.63) is 58.5 Å². The van der Waals surface area contributed by atoms with Gasteiger partial charge in [0.05, 0.1) is 33.3 Å². The van der Waals surface area contributed by atoms with Gasteiger partial charge >= 0.3 is 0 Å². The Balaban J connectivity index is 0.000000374. The molecule has 4 heterocycles. The Morgan fingerprint density at radius 3 is 1.40 bits per heavy atom. The molecule has 0 saturated carbocycles. The lowest BCUT2D eigenvalue weighted by molar-refractivity contribution is -0.544. The second-order valence-corrected chi connectivity index (χ2v) is 14.8. The van der Waals surface area contributed by atoms with Crippen LogP contribution in [0.25, 0.3) is 0 Å². The maximum absolute atomic E-state index is 11.1. The van der Waals surface area contributed by atoms with Gasteiger partial charge in [-0.15, -0.1) is 0 Å². The topological polar surface area (TPSA) is 283 Å². The third kappa shape index (κ3) is 18.2. The van der Waals surface area contributed by atoms with Crippen molar-refractivity contribution in [3.8, 4) is 11.5 Å². The van der Waals surface area contributed by atoms with Gasteiger partial charge in [-0.1, -0.05) is 13.8 Å². The molecule has 326 valence electrons. The van der Waals surface area contributed by atoms with Crippen molar-refractivity contribution in [1.82, 2.24) is 0 Å². The first-order chi connectivity index (χ1) is 27.4. The summed E-state index contributed by atoms with van der Waals surface area (Å²) in [5.41, 5.74) is -1.92. The quantitative estimate of drug-likeness (QED) is 0.0827. The summed E-state index contributed by atoms with van der Waals surface area (Å²) in [4.78, 5) is 61.5. The molecule has 0 saturated heterocycles. The predicted molar refractivity (Wildman–Crippen MR) is 217 cm³/mol. The van der Waals surface area contributed by atoms with E-state index in [1.165, 1.54) is 37.2 Å². The third-order valence-electron chi connectivity index (χ3n) is 8.65. The van der Waals surface area contributed by atoms with Gasteiger partial charge in [0.2, 0.25) is 23.3 Å². The lowest BCUT2D eigenvalue weighted by Gasteiger charge is -2.30. The zero-order valence-corrected chi connectivity index (χ0v) is 35.5. The fourth-order valence-electron chi connectivity index (χ4n) is 5.17. The minimum absolute atomic E-state index is 0.107. The van der Waals surface area contributed by atoms with Gasteiger partial charge in [0.1, 0.15) is 37.7 Å². The molecule has 58 heavy (non-hydrogen) atoms. The van der Waals surface area contributed by atoms with Crippen molar-refractivity contribution in [3.63, 3.8) is 0 Å². The van der Waals surface area contributed by atoms with Crippen LogP contribution in [0.2, 0.25) is 0 Å². The minimum atomic E-state index is -1.16. The van der Waals surface area contributed by atoms with Gasteiger partial charge in [-0.2, -0.15) is 4.89 Å². The number of rotatable bonds is 11. The van der Waals surface area contributed by atoms with Gasteiger partial charge in [-0.3, -0.25) is 36.6 Å². The molecule has 0 aromatic heterocycles. The molecule has 0 fully saturated rings. The van der Waals surface area contributed by atoms with Crippen LogP contribution in [0.5, 0.6) is 11.5 Å². The zero-order chi connectivity index (χ0) is 43.8. The number of quaternary nitrogens is 4. The Hall–Kier alpha value is -4.19. The number of benzene rings is 1. The molecule has 1 aliphatic carbocycles. The maximum atomic E-state index is 11.1. The van der Waals surface area contributed by atoms with Gasteiger partial charge in [0.15, 0.2) is 28.4 Å². The molecular weight excluding hydrogens is 760 g/mol. The van der Waals surface area contributed by atoms with E-state index in [1.54, 1.807) is 59.1 Å². The highest BCUT2D eigenvalue weighted by Gasteiger charge is 2.38. The summed E-state index contributed by atoms with van der Waals surface area (Å²) in [6.07, 6.45) is 5.81. The van der Waals surface area contributed by atoms with Crippen LogP contribution in [0.4, 0.5) is 0 Å². The van der Waals surface area contributed by atoms with Gasteiger partial charge in [-0.25, -0.2) is 34.6 Å². The van der Waals surface area contributed by atoms with Crippen LogP contribution < -0.4 is 26.0 Å². The number of nitrogens with two attached hydrogens (primary N) is 4. The van der Waals surface area contributed by atoms with E-state index >= 15 is 0 Å². The Kier molecular flexibility index (Phi) is 23.3. The highest BCUT2D eigenvalue weighted by Crippen LogP contribution is 2.24. The molecule has 6 rings (SSSR count). The van der Waals surface area contributed by atoms with Crippen LogP contribution in [0.3, 0.4) is 0 Å². The second kappa shape index (κ2) is 26.0. The molecular formula is C38H66N8O12+4. The molecule has 0 radical (unpaired) electrons. The first kappa shape index (κ1) is 51.8. The Morgan fingerprint density at radius 2 is 1.09 bits per heavy atom. The number of hydrogen-bond acceptors (Lipinski definition) is 16. The first-order valence-electron chi connectivity index (χ1n) is 19.0. The smallest absolute Gasteiger partial charge is 0.240 e. The molecule has 0 spiro atoms. The van der Waals surface area contributed by atoms with Crippen LogP contribution in [0, 0.1) is 15.8 Å². The number of amidine groups is 4. The zero-order valence-electron chi connectivity index (χ0n) is 35.5. The number of nitrogens with zero attached hydrogens (tertiary/aromatic N) is 4. The van der Waals surface area contributed by atoms with E-state index in [4.69, 9.17) is 44.8 Å². The molecule has 20 heteroatoms. The fraction of sp³-hybridized carbons (Fsp3) is 0.605. The van der Waals surface area contributed by atoms with E-state index in [9.17, 15) is 4.79 Å². The Morgan fingerprint density at radius 1 is 0.672 bits per heavy atom. The molecule has 20 nitrogen and oxygen atoms in total. The third-order valence-corrected chi connectivity index (χ3v) is 8.65. The normalized spacial score (nSPS) is 18.0. The number of ether oxygens (including phenoxy) is 2. The second-order valence-electron chi connectivity index (χ2n) is 14.8. The molecule has 11 N–H and O–H groups in total. The molecule has 0 atom stereocenters. The summed E-state index contributed by atoms with van der Waals surface area (Å²) in [5.74, 6) is 4.23. The summed E-state index contributed by atoms with van der Waals surface area (Å²) in [6, 6.07) is 6.57. The first-order valence-corrected chi connectivity index (χ1v) is 19.0. The number of phenols is 1. The largest absolute Gasteiger partial charge is 0.508 e. The average molecular weight is 827 g/mol. The summed E-state index contributed by atoms with van der Waals surface area (Å²) in [7, 11) is 3.08. The van der Waals surface area contributed by atoms with Crippen LogP contribution in [0.15, 0.2) is 68.5 Å². The number of aliphatic imine (C=N–C) groups is 4. The summed E-state index contributed by atoms with van der Waals surface area (Å²) in [6.45, 7) is 22.7. The van der Waals surface area contributed by atoms with Crippen molar-refractivity contribution < 1.29 is 70.7 Å². The van der Waals surface area contributed by atoms with Crippen molar-refractivity contribution in [2.45, 2.75) is 78.0 Å². The predicted octanol–water partition coefficient (Wildman–Crippen LogP) is -0.728. The van der Waals surface area contributed by atoms with Crippen molar-refractivity contribution in [2.24, 2.45) is 25.9 Å².